The SMILES string of the molecule is Cc1sc(C(=O)CCC2CCCC2)cc1Br. The highest BCUT2D eigenvalue weighted by atomic mass is 79.9. The highest BCUT2D eigenvalue weighted by Crippen LogP contribution is 2.31. The van der Waals surface area contributed by atoms with Gasteiger partial charge in [0.15, 0.2) is 5.78 Å². The molecular weight excluding hydrogens is 284 g/mol. The van der Waals surface area contributed by atoms with E-state index in [1.165, 1.54) is 30.6 Å². The number of hydrogen-bond donors (Lipinski definition) is 0. The van der Waals surface area contributed by atoms with Crippen molar-refractivity contribution < 1.29 is 4.79 Å². The van der Waals surface area contributed by atoms with E-state index in [1.807, 2.05) is 13.0 Å². The van der Waals surface area contributed by atoms with E-state index in [0.29, 0.717) is 5.78 Å². The highest BCUT2D eigenvalue weighted by Gasteiger charge is 2.17. The van der Waals surface area contributed by atoms with Gasteiger partial charge >= 0.3 is 0 Å². The van der Waals surface area contributed by atoms with Crippen LogP contribution in [-0.4, -0.2) is 5.78 Å². The Morgan fingerprint density at radius 2 is 2.19 bits per heavy atom. The molecule has 0 aromatic carbocycles. The molecule has 0 N–H and O–H groups in total. The van der Waals surface area contributed by atoms with Gasteiger partial charge in [0.05, 0.1) is 4.88 Å². The number of halogens is 1. The second-order valence-electron chi connectivity index (χ2n) is 4.63. The van der Waals surface area contributed by atoms with Crippen molar-refractivity contribution in [3.63, 3.8) is 0 Å². The summed E-state index contributed by atoms with van der Waals surface area (Å²) in [4.78, 5) is 14.1. The minimum Gasteiger partial charge on any atom is -0.293 e. The predicted octanol–water partition coefficient (Wildman–Crippen LogP) is 4.97. The zero-order chi connectivity index (χ0) is 11.5. The molecule has 1 aliphatic rings. The molecule has 1 fully saturated rings. The molecule has 88 valence electrons. The van der Waals surface area contributed by atoms with Crippen molar-refractivity contribution in [2.75, 3.05) is 0 Å². The lowest BCUT2D eigenvalue weighted by atomic mass is 10.00. The molecule has 3 heteroatoms. The van der Waals surface area contributed by atoms with Gasteiger partial charge in [0.25, 0.3) is 0 Å². The number of carbonyl (C=O) groups excluding carboxylic acids is 1. The Labute approximate surface area is 109 Å². The minimum absolute atomic E-state index is 0.325. The zero-order valence-corrected chi connectivity index (χ0v) is 12.0. The molecule has 1 aromatic rings. The van der Waals surface area contributed by atoms with Crippen molar-refractivity contribution in [3.8, 4) is 0 Å². The molecule has 1 aliphatic carbocycles. The predicted molar refractivity (Wildman–Crippen MR) is 72.3 cm³/mol. The Kier molecular flexibility index (Phi) is 4.20. The van der Waals surface area contributed by atoms with E-state index in [2.05, 4.69) is 15.9 Å². The summed E-state index contributed by atoms with van der Waals surface area (Å²) in [6, 6.07) is 1.97. The van der Waals surface area contributed by atoms with Crippen LogP contribution in [-0.2, 0) is 0 Å². The molecule has 1 aromatic heterocycles. The number of ketones is 1. The summed E-state index contributed by atoms with van der Waals surface area (Å²) in [5, 5.41) is 0. The first kappa shape index (κ1) is 12.3. The summed E-state index contributed by atoms with van der Waals surface area (Å²) in [5.41, 5.74) is 0. The third-order valence-electron chi connectivity index (χ3n) is 3.39. The Bertz CT molecular complexity index is 358. The fourth-order valence-electron chi connectivity index (χ4n) is 2.35. The van der Waals surface area contributed by atoms with Crippen LogP contribution in [0.2, 0.25) is 0 Å². The van der Waals surface area contributed by atoms with E-state index >= 15 is 0 Å². The van der Waals surface area contributed by atoms with Gasteiger partial charge in [-0.2, -0.15) is 0 Å². The normalized spacial score (nSPS) is 16.9. The van der Waals surface area contributed by atoms with Crippen LogP contribution in [0.5, 0.6) is 0 Å². The molecule has 0 spiro atoms. The first-order valence-electron chi connectivity index (χ1n) is 5.96. The van der Waals surface area contributed by atoms with Crippen LogP contribution in [0.1, 0.15) is 53.1 Å². The van der Waals surface area contributed by atoms with Gasteiger partial charge in [-0.15, -0.1) is 11.3 Å². The summed E-state index contributed by atoms with van der Waals surface area (Å²) < 4.78 is 1.07. The summed E-state index contributed by atoms with van der Waals surface area (Å²) in [6.07, 6.45) is 7.22. The average molecular weight is 301 g/mol. The van der Waals surface area contributed by atoms with Crippen LogP contribution in [0.4, 0.5) is 0 Å². The van der Waals surface area contributed by atoms with Crippen LogP contribution in [0.15, 0.2) is 10.5 Å². The van der Waals surface area contributed by atoms with E-state index < -0.39 is 0 Å². The lowest BCUT2D eigenvalue weighted by molar-refractivity contribution is 0.0978. The minimum atomic E-state index is 0.325. The van der Waals surface area contributed by atoms with Gasteiger partial charge in [0.2, 0.25) is 0 Å². The molecule has 16 heavy (non-hydrogen) atoms. The van der Waals surface area contributed by atoms with E-state index in [0.717, 1.165) is 28.1 Å². The van der Waals surface area contributed by atoms with Crippen LogP contribution >= 0.6 is 27.3 Å². The molecule has 0 atom stereocenters. The van der Waals surface area contributed by atoms with Gasteiger partial charge in [0, 0.05) is 15.8 Å². The number of aryl methyl sites for hydroxylation is 1. The lowest BCUT2D eigenvalue weighted by Gasteiger charge is -2.06. The maximum atomic E-state index is 12.0. The quantitative estimate of drug-likeness (QED) is 0.717. The first-order valence-corrected chi connectivity index (χ1v) is 7.57. The molecule has 0 unspecified atom stereocenters. The van der Waals surface area contributed by atoms with E-state index in [1.54, 1.807) is 11.3 Å². The Morgan fingerprint density at radius 1 is 1.50 bits per heavy atom. The van der Waals surface area contributed by atoms with Crippen molar-refractivity contribution in [1.82, 2.24) is 0 Å². The van der Waals surface area contributed by atoms with E-state index in [4.69, 9.17) is 0 Å². The number of thiophene rings is 1. The maximum Gasteiger partial charge on any atom is 0.172 e. The molecule has 0 saturated heterocycles. The van der Waals surface area contributed by atoms with Gasteiger partial charge in [0.1, 0.15) is 0 Å². The average Bonchev–Trinajstić information content (AvgIpc) is 2.86. The topological polar surface area (TPSA) is 17.1 Å². The largest absolute Gasteiger partial charge is 0.293 e. The van der Waals surface area contributed by atoms with Crippen molar-refractivity contribution >= 4 is 33.0 Å². The molecule has 1 saturated carbocycles. The van der Waals surface area contributed by atoms with E-state index in [9.17, 15) is 4.79 Å². The Hall–Kier alpha value is -0.150. The number of carbonyl (C=O) groups is 1. The van der Waals surface area contributed by atoms with Crippen LogP contribution in [0.25, 0.3) is 0 Å². The summed E-state index contributed by atoms with van der Waals surface area (Å²) in [6.45, 7) is 2.04. The van der Waals surface area contributed by atoms with Gasteiger partial charge in [-0.25, -0.2) is 0 Å². The summed E-state index contributed by atoms with van der Waals surface area (Å²) in [5.74, 6) is 1.14. The Morgan fingerprint density at radius 3 is 2.75 bits per heavy atom. The smallest absolute Gasteiger partial charge is 0.172 e. The molecule has 0 bridgehead atoms. The monoisotopic (exact) mass is 300 g/mol. The third-order valence-corrected chi connectivity index (χ3v) is 5.56. The third kappa shape index (κ3) is 2.95. The first-order chi connectivity index (χ1) is 7.66. The highest BCUT2D eigenvalue weighted by molar-refractivity contribution is 9.10. The fraction of sp³-hybridized carbons (Fsp3) is 0.615. The second kappa shape index (κ2) is 5.46. The molecule has 1 heterocycles. The number of hydrogen-bond acceptors (Lipinski definition) is 2. The second-order valence-corrected chi connectivity index (χ2v) is 6.74. The molecule has 0 amide bonds. The lowest BCUT2D eigenvalue weighted by Crippen LogP contribution is -2.01. The van der Waals surface area contributed by atoms with Crippen LogP contribution in [0, 0.1) is 12.8 Å². The number of Topliss-reactive ketones (excluding diaryl/α,β-unsaturated/α-hetero) is 1. The van der Waals surface area contributed by atoms with Crippen molar-refractivity contribution in [3.05, 3.63) is 20.3 Å². The number of rotatable bonds is 4. The zero-order valence-electron chi connectivity index (χ0n) is 9.59. The standard InChI is InChI=1S/C13H17BrOS/c1-9-11(14)8-13(16-9)12(15)7-6-10-4-2-3-5-10/h8,10H,2-7H2,1H3. The van der Waals surface area contributed by atoms with Gasteiger partial charge in [-0.3, -0.25) is 4.79 Å². The van der Waals surface area contributed by atoms with Crippen molar-refractivity contribution in [2.24, 2.45) is 5.92 Å². The maximum absolute atomic E-state index is 12.0. The summed E-state index contributed by atoms with van der Waals surface area (Å²) >= 11 is 5.07. The molecule has 0 radical (unpaired) electrons. The molecular formula is C13H17BrOS. The van der Waals surface area contributed by atoms with Crippen LogP contribution < -0.4 is 0 Å². The van der Waals surface area contributed by atoms with Crippen LogP contribution in [0.3, 0.4) is 0 Å². The van der Waals surface area contributed by atoms with Gasteiger partial charge < -0.3 is 0 Å². The van der Waals surface area contributed by atoms with Gasteiger partial charge in [-0.05, 0) is 41.3 Å². The van der Waals surface area contributed by atoms with Gasteiger partial charge in [-0.1, -0.05) is 25.7 Å². The fourth-order valence-corrected chi connectivity index (χ4v) is 3.86. The van der Waals surface area contributed by atoms with Crippen molar-refractivity contribution in [1.29, 1.82) is 0 Å². The molecule has 0 aliphatic heterocycles. The van der Waals surface area contributed by atoms with Crippen molar-refractivity contribution in [2.45, 2.75) is 45.4 Å². The molecule has 2 rings (SSSR count). The van der Waals surface area contributed by atoms with E-state index in [-0.39, 0.29) is 0 Å². The molecule has 1 nitrogen and oxygen atoms in total. The summed E-state index contributed by atoms with van der Waals surface area (Å²) in [7, 11) is 0. The Balaban J connectivity index is 1.87.